The summed E-state index contributed by atoms with van der Waals surface area (Å²) in [6, 6.07) is 0. The Balaban J connectivity index is 2.20. The molecule has 1 aromatic heterocycles. The predicted molar refractivity (Wildman–Crippen MR) is 51.1 cm³/mol. The minimum absolute atomic E-state index is 0.0850. The fourth-order valence-electron chi connectivity index (χ4n) is 1.94. The van der Waals surface area contributed by atoms with Gasteiger partial charge in [0, 0.05) is 11.1 Å². The van der Waals surface area contributed by atoms with Crippen LogP contribution in [-0.4, -0.2) is 4.98 Å². The van der Waals surface area contributed by atoms with Crippen LogP contribution in [0.25, 0.3) is 0 Å². The van der Waals surface area contributed by atoms with Gasteiger partial charge in [-0.25, -0.2) is 4.98 Å². The number of rotatable bonds is 1. The molecule has 0 radical (unpaired) electrons. The second-order valence-electron chi connectivity index (χ2n) is 3.96. The van der Waals surface area contributed by atoms with E-state index in [-0.39, 0.29) is 5.54 Å². The van der Waals surface area contributed by atoms with Crippen molar-refractivity contribution in [2.45, 2.75) is 32.2 Å². The minimum Gasteiger partial charge on any atom is -0.319 e. The molecule has 0 amide bonds. The van der Waals surface area contributed by atoms with Gasteiger partial charge in [0.15, 0.2) is 0 Å². The molecule has 2 rings (SSSR count). The molecule has 0 unspecified atom stereocenters. The number of aromatic nitrogens is 1. The molecule has 1 aromatic rings. The lowest BCUT2D eigenvalue weighted by Gasteiger charge is -2.41. The molecule has 0 saturated heterocycles. The van der Waals surface area contributed by atoms with Gasteiger partial charge in [0.2, 0.25) is 0 Å². The number of thiazole rings is 1. The molecule has 66 valence electrons. The third-order valence-corrected chi connectivity index (χ3v) is 3.65. The summed E-state index contributed by atoms with van der Waals surface area (Å²) in [7, 11) is 0. The lowest BCUT2D eigenvalue weighted by molar-refractivity contribution is 0.163. The molecule has 0 aliphatic heterocycles. The van der Waals surface area contributed by atoms with Crippen molar-refractivity contribution in [1.29, 1.82) is 0 Å². The van der Waals surface area contributed by atoms with Gasteiger partial charge in [-0.1, -0.05) is 6.92 Å². The number of aryl methyl sites for hydroxylation is 1. The number of nitrogens with zero attached hydrogens (tertiary/aromatic N) is 1. The van der Waals surface area contributed by atoms with E-state index in [0.29, 0.717) is 0 Å². The summed E-state index contributed by atoms with van der Waals surface area (Å²) < 4.78 is 0. The van der Waals surface area contributed by atoms with E-state index in [0.717, 1.165) is 29.5 Å². The lowest BCUT2D eigenvalue weighted by Crippen LogP contribution is -2.47. The van der Waals surface area contributed by atoms with Crippen LogP contribution >= 0.6 is 11.3 Å². The second kappa shape index (κ2) is 2.54. The molecule has 0 spiro atoms. The Labute approximate surface area is 76.8 Å². The van der Waals surface area contributed by atoms with Gasteiger partial charge >= 0.3 is 0 Å². The monoisotopic (exact) mass is 182 g/mol. The largest absolute Gasteiger partial charge is 0.319 e. The molecule has 0 bridgehead atoms. The summed E-state index contributed by atoms with van der Waals surface area (Å²) in [6.45, 7) is 4.26. The Morgan fingerprint density at radius 1 is 1.67 bits per heavy atom. The summed E-state index contributed by atoms with van der Waals surface area (Å²) in [6.07, 6.45) is 2.19. The Bertz CT molecular complexity index is 286. The van der Waals surface area contributed by atoms with E-state index in [1.165, 1.54) is 0 Å². The molecule has 3 heteroatoms. The van der Waals surface area contributed by atoms with Gasteiger partial charge in [0.1, 0.15) is 5.01 Å². The zero-order valence-electron chi connectivity index (χ0n) is 7.50. The van der Waals surface area contributed by atoms with E-state index in [2.05, 4.69) is 17.3 Å². The maximum atomic E-state index is 6.18. The number of hydrogen-bond acceptors (Lipinski definition) is 3. The molecule has 0 aromatic carbocycles. The van der Waals surface area contributed by atoms with Gasteiger partial charge < -0.3 is 5.73 Å². The predicted octanol–water partition coefficient (Wildman–Crippen LogP) is 2.04. The van der Waals surface area contributed by atoms with Crippen LogP contribution in [0.2, 0.25) is 0 Å². The van der Waals surface area contributed by atoms with Crippen molar-refractivity contribution in [3.63, 3.8) is 0 Å². The highest BCUT2D eigenvalue weighted by atomic mass is 32.1. The number of hydrogen-bond donors (Lipinski definition) is 1. The second-order valence-corrected chi connectivity index (χ2v) is 4.82. The third kappa shape index (κ3) is 1.17. The average Bonchev–Trinajstić information content (AvgIpc) is 2.33. The summed E-state index contributed by atoms with van der Waals surface area (Å²) in [5, 5.41) is 3.20. The van der Waals surface area contributed by atoms with Gasteiger partial charge in [-0.3, -0.25) is 0 Å². The van der Waals surface area contributed by atoms with Crippen LogP contribution in [0.15, 0.2) is 5.38 Å². The Kier molecular flexibility index (Phi) is 1.73. The Morgan fingerprint density at radius 2 is 2.33 bits per heavy atom. The highest BCUT2D eigenvalue weighted by molar-refractivity contribution is 7.09. The minimum atomic E-state index is -0.0850. The van der Waals surface area contributed by atoms with E-state index >= 15 is 0 Å². The molecule has 1 fully saturated rings. The van der Waals surface area contributed by atoms with E-state index in [1.54, 1.807) is 11.3 Å². The van der Waals surface area contributed by atoms with Crippen molar-refractivity contribution in [1.82, 2.24) is 4.98 Å². The van der Waals surface area contributed by atoms with E-state index in [1.807, 2.05) is 6.92 Å². The summed E-state index contributed by atoms with van der Waals surface area (Å²) in [5.41, 5.74) is 7.19. The summed E-state index contributed by atoms with van der Waals surface area (Å²) in [4.78, 5) is 4.43. The lowest BCUT2D eigenvalue weighted by atomic mass is 9.70. The van der Waals surface area contributed by atoms with Crippen LogP contribution in [-0.2, 0) is 5.54 Å². The first-order valence-corrected chi connectivity index (χ1v) is 5.19. The molecule has 2 nitrogen and oxygen atoms in total. The van der Waals surface area contributed by atoms with E-state index < -0.39 is 0 Å². The van der Waals surface area contributed by atoms with Crippen LogP contribution < -0.4 is 5.73 Å². The van der Waals surface area contributed by atoms with Crippen molar-refractivity contribution < 1.29 is 0 Å². The molecular formula is C9H14N2S. The quantitative estimate of drug-likeness (QED) is 0.721. The molecule has 1 aliphatic carbocycles. The topological polar surface area (TPSA) is 38.9 Å². The van der Waals surface area contributed by atoms with Gasteiger partial charge in [0.05, 0.1) is 5.54 Å². The highest BCUT2D eigenvalue weighted by Crippen LogP contribution is 2.43. The molecule has 1 heterocycles. The van der Waals surface area contributed by atoms with Crippen molar-refractivity contribution in [2.75, 3.05) is 0 Å². The van der Waals surface area contributed by atoms with Crippen LogP contribution in [0.5, 0.6) is 0 Å². The smallest absolute Gasteiger partial charge is 0.113 e. The number of nitrogens with two attached hydrogens (primary N) is 1. The van der Waals surface area contributed by atoms with E-state index in [9.17, 15) is 0 Å². The average molecular weight is 182 g/mol. The maximum Gasteiger partial charge on any atom is 0.113 e. The third-order valence-electron chi connectivity index (χ3n) is 2.47. The van der Waals surface area contributed by atoms with Gasteiger partial charge in [-0.05, 0) is 25.7 Å². The Morgan fingerprint density at radius 3 is 2.75 bits per heavy atom. The highest BCUT2D eigenvalue weighted by Gasteiger charge is 2.41. The van der Waals surface area contributed by atoms with Crippen molar-refractivity contribution in [2.24, 2.45) is 11.7 Å². The molecule has 2 N–H and O–H groups in total. The molecule has 1 aliphatic rings. The van der Waals surface area contributed by atoms with E-state index in [4.69, 9.17) is 5.73 Å². The molecule has 1 saturated carbocycles. The first kappa shape index (κ1) is 8.20. The van der Waals surface area contributed by atoms with Crippen LogP contribution in [0.3, 0.4) is 0 Å². The van der Waals surface area contributed by atoms with Gasteiger partial charge in [-0.2, -0.15) is 0 Å². The zero-order valence-corrected chi connectivity index (χ0v) is 8.32. The standard InChI is InChI=1S/C9H14N2S/c1-6-3-9(10,4-6)8-11-7(2)5-12-8/h5-6H,3-4,10H2,1-2H3. The Hall–Kier alpha value is -0.410. The normalized spacial score (nSPS) is 34.8. The summed E-state index contributed by atoms with van der Waals surface area (Å²) in [5.74, 6) is 0.777. The fourth-order valence-corrected chi connectivity index (χ4v) is 2.87. The van der Waals surface area contributed by atoms with Gasteiger partial charge in [0.25, 0.3) is 0 Å². The van der Waals surface area contributed by atoms with Crippen LogP contribution in [0, 0.1) is 12.8 Å². The first-order valence-electron chi connectivity index (χ1n) is 4.32. The van der Waals surface area contributed by atoms with Crippen molar-refractivity contribution >= 4 is 11.3 Å². The van der Waals surface area contributed by atoms with Crippen LogP contribution in [0.1, 0.15) is 30.5 Å². The summed E-state index contributed by atoms with van der Waals surface area (Å²) >= 11 is 1.70. The van der Waals surface area contributed by atoms with Crippen molar-refractivity contribution in [3.8, 4) is 0 Å². The SMILES string of the molecule is Cc1csc(C2(N)CC(C)C2)n1. The van der Waals surface area contributed by atoms with Crippen molar-refractivity contribution in [3.05, 3.63) is 16.1 Å². The zero-order chi connectivity index (χ0) is 8.77. The fraction of sp³-hybridized carbons (Fsp3) is 0.667. The molecular weight excluding hydrogens is 168 g/mol. The van der Waals surface area contributed by atoms with Crippen LogP contribution in [0.4, 0.5) is 0 Å². The first-order chi connectivity index (χ1) is 5.60. The van der Waals surface area contributed by atoms with Gasteiger partial charge in [-0.15, -0.1) is 11.3 Å². The molecule has 0 atom stereocenters. The molecule has 12 heavy (non-hydrogen) atoms. The maximum absolute atomic E-state index is 6.18.